The molecule has 0 saturated heterocycles. The molecular weight excluding hydrogens is 381 g/mol. The number of aromatic carboxylic acids is 1. The number of rotatable bonds is 7. The van der Waals surface area contributed by atoms with E-state index in [1.54, 1.807) is 54.6 Å². The SMILES string of the molecule is Cc1cc(C(=O)O)ccc1NCc1cc(Cl)ccc1OCc1ccccc1F. The Bertz CT molecular complexity index is 1010. The third-order valence-electron chi connectivity index (χ3n) is 4.31. The summed E-state index contributed by atoms with van der Waals surface area (Å²) in [7, 11) is 0. The molecule has 0 saturated carbocycles. The highest BCUT2D eigenvalue weighted by Crippen LogP contribution is 2.26. The van der Waals surface area contributed by atoms with E-state index in [2.05, 4.69) is 5.32 Å². The second-order valence-corrected chi connectivity index (χ2v) is 6.76. The topological polar surface area (TPSA) is 58.6 Å². The number of carboxylic acid groups (broad SMARTS) is 1. The molecule has 2 N–H and O–H groups in total. The van der Waals surface area contributed by atoms with Crippen LogP contribution in [0.3, 0.4) is 0 Å². The van der Waals surface area contributed by atoms with E-state index in [9.17, 15) is 9.18 Å². The van der Waals surface area contributed by atoms with E-state index in [4.69, 9.17) is 21.4 Å². The molecule has 0 aliphatic heterocycles. The van der Waals surface area contributed by atoms with Crippen LogP contribution in [0.1, 0.15) is 27.0 Å². The number of aryl methyl sites for hydroxylation is 1. The Labute approximate surface area is 167 Å². The Balaban J connectivity index is 1.74. The lowest BCUT2D eigenvalue weighted by Gasteiger charge is -2.15. The van der Waals surface area contributed by atoms with Crippen LogP contribution in [0.2, 0.25) is 5.02 Å². The first-order chi connectivity index (χ1) is 13.4. The van der Waals surface area contributed by atoms with Crippen LogP contribution in [0.4, 0.5) is 10.1 Å². The van der Waals surface area contributed by atoms with Gasteiger partial charge in [0.1, 0.15) is 18.2 Å². The summed E-state index contributed by atoms with van der Waals surface area (Å²) in [6.07, 6.45) is 0. The predicted molar refractivity (Wildman–Crippen MR) is 108 cm³/mol. The molecule has 0 atom stereocenters. The standard InChI is InChI=1S/C22H19ClFNO3/c1-14-10-15(22(26)27)6-8-20(14)25-12-17-11-18(23)7-9-21(17)28-13-16-4-2-3-5-19(16)24/h2-11,25H,12-13H2,1H3,(H,26,27). The van der Waals surface area contributed by atoms with E-state index in [0.717, 1.165) is 16.8 Å². The van der Waals surface area contributed by atoms with E-state index in [1.165, 1.54) is 6.07 Å². The number of benzene rings is 3. The van der Waals surface area contributed by atoms with Crippen LogP contribution >= 0.6 is 11.6 Å². The van der Waals surface area contributed by atoms with Crippen LogP contribution < -0.4 is 10.1 Å². The minimum atomic E-state index is -0.965. The van der Waals surface area contributed by atoms with Crippen molar-refractivity contribution in [2.45, 2.75) is 20.1 Å². The van der Waals surface area contributed by atoms with E-state index < -0.39 is 5.97 Å². The van der Waals surface area contributed by atoms with Crippen molar-refractivity contribution in [3.8, 4) is 5.75 Å². The molecule has 3 aromatic rings. The maximum Gasteiger partial charge on any atom is 0.335 e. The van der Waals surface area contributed by atoms with Crippen molar-refractivity contribution in [1.82, 2.24) is 0 Å². The first-order valence-corrected chi connectivity index (χ1v) is 9.04. The van der Waals surface area contributed by atoms with Crippen molar-refractivity contribution in [3.05, 3.63) is 93.8 Å². The first-order valence-electron chi connectivity index (χ1n) is 8.66. The highest BCUT2D eigenvalue weighted by Gasteiger charge is 2.09. The molecular formula is C22H19ClFNO3. The lowest BCUT2D eigenvalue weighted by atomic mass is 10.1. The van der Waals surface area contributed by atoms with Gasteiger partial charge >= 0.3 is 5.97 Å². The largest absolute Gasteiger partial charge is 0.488 e. The summed E-state index contributed by atoms with van der Waals surface area (Å²) in [6.45, 7) is 2.36. The minimum absolute atomic E-state index is 0.105. The van der Waals surface area contributed by atoms with Gasteiger partial charge < -0.3 is 15.2 Å². The number of anilines is 1. The quantitative estimate of drug-likeness (QED) is 0.536. The molecule has 28 heavy (non-hydrogen) atoms. The van der Waals surface area contributed by atoms with Crippen molar-refractivity contribution < 1.29 is 19.0 Å². The smallest absolute Gasteiger partial charge is 0.335 e. The number of carboxylic acids is 1. The monoisotopic (exact) mass is 399 g/mol. The van der Waals surface area contributed by atoms with Gasteiger partial charge in [0.15, 0.2) is 0 Å². The zero-order chi connectivity index (χ0) is 20.1. The molecule has 0 fully saturated rings. The molecule has 3 rings (SSSR count). The molecule has 0 radical (unpaired) electrons. The van der Waals surface area contributed by atoms with Gasteiger partial charge in [-0.2, -0.15) is 0 Å². The average molecular weight is 400 g/mol. The number of ether oxygens (including phenoxy) is 1. The minimum Gasteiger partial charge on any atom is -0.488 e. The third-order valence-corrected chi connectivity index (χ3v) is 4.54. The lowest BCUT2D eigenvalue weighted by molar-refractivity contribution is 0.0697. The number of hydrogen-bond acceptors (Lipinski definition) is 3. The Morgan fingerprint density at radius 2 is 1.89 bits per heavy atom. The van der Waals surface area contributed by atoms with Crippen molar-refractivity contribution in [2.75, 3.05) is 5.32 Å². The summed E-state index contributed by atoms with van der Waals surface area (Å²) in [5.74, 6) is -0.682. The fourth-order valence-corrected chi connectivity index (χ4v) is 2.98. The lowest BCUT2D eigenvalue weighted by Crippen LogP contribution is -2.06. The fraction of sp³-hybridized carbons (Fsp3) is 0.136. The highest BCUT2D eigenvalue weighted by molar-refractivity contribution is 6.30. The van der Waals surface area contributed by atoms with E-state index in [-0.39, 0.29) is 18.0 Å². The Morgan fingerprint density at radius 3 is 2.61 bits per heavy atom. The molecule has 0 amide bonds. The summed E-state index contributed by atoms with van der Waals surface area (Å²) in [6, 6.07) is 16.6. The molecule has 0 aliphatic carbocycles. The van der Waals surface area contributed by atoms with Gasteiger partial charge in [0.25, 0.3) is 0 Å². The average Bonchev–Trinajstić information content (AvgIpc) is 2.67. The van der Waals surface area contributed by atoms with Crippen molar-refractivity contribution >= 4 is 23.3 Å². The summed E-state index contributed by atoms with van der Waals surface area (Å²) < 4.78 is 19.6. The number of hydrogen-bond donors (Lipinski definition) is 2. The second kappa shape index (κ2) is 8.76. The van der Waals surface area contributed by atoms with E-state index >= 15 is 0 Å². The van der Waals surface area contributed by atoms with Crippen molar-refractivity contribution in [2.24, 2.45) is 0 Å². The Morgan fingerprint density at radius 1 is 1.11 bits per heavy atom. The van der Waals surface area contributed by atoms with Gasteiger partial charge in [-0.25, -0.2) is 9.18 Å². The van der Waals surface area contributed by atoms with Crippen LogP contribution in [0.15, 0.2) is 60.7 Å². The first kappa shape index (κ1) is 19.7. The summed E-state index contributed by atoms with van der Waals surface area (Å²) >= 11 is 6.12. The van der Waals surface area contributed by atoms with Crippen molar-refractivity contribution in [1.29, 1.82) is 0 Å². The molecule has 0 unspecified atom stereocenters. The van der Waals surface area contributed by atoms with E-state index in [1.807, 2.05) is 6.92 Å². The molecule has 0 aromatic heterocycles. The number of halogens is 2. The summed E-state index contributed by atoms with van der Waals surface area (Å²) in [4.78, 5) is 11.1. The molecule has 4 nitrogen and oxygen atoms in total. The molecule has 3 aromatic carbocycles. The maximum absolute atomic E-state index is 13.8. The van der Waals surface area contributed by atoms with Crippen LogP contribution in [0.25, 0.3) is 0 Å². The van der Waals surface area contributed by atoms with E-state index in [0.29, 0.717) is 22.9 Å². The zero-order valence-corrected chi connectivity index (χ0v) is 16.0. The molecule has 0 spiro atoms. The molecule has 0 aliphatic rings. The van der Waals surface area contributed by atoms with Gasteiger partial charge in [-0.05, 0) is 55.0 Å². The van der Waals surface area contributed by atoms with Gasteiger partial charge in [0.2, 0.25) is 0 Å². The van der Waals surface area contributed by atoms with Crippen LogP contribution in [0.5, 0.6) is 5.75 Å². The van der Waals surface area contributed by atoms with Gasteiger partial charge in [-0.1, -0.05) is 29.8 Å². The van der Waals surface area contributed by atoms with Crippen LogP contribution in [-0.4, -0.2) is 11.1 Å². The van der Waals surface area contributed by atoms with Crippen molar-refractivity contribution in [3.63, 3.8) is 0 Å². The molecule has 0 heterocycles. The van der Waals surface area contributed by atoms with Crippen LogP contribution in [0, 0.1) is 12.7 Å². The van der Waals surface area contributed by atoms with Crippen LogP contribution in [-0.2, 0) is 13.2 Å². The normalized spacial score (nSPS) is 10.5. The molecule has 0 bridgehead atoms. The summed E-state index contributed by atoms with van der Waals surface area (Å²) in [5.41, 5.74) is 3.14. The Kier molecular flexibility index (Phi) is 6.16. The van der Waals surface area contributed by atoms with Gasteiger partial charge in [-0.15, -0.1) is 0 Å². The second-order valence-electron chi connectivity index (χ2n) is 6.32. The highest BCUT2D eigenvalue weighted by atomic mass is 35.5. The van der Waals surface area contributed by atoms with Gasteiger partial charge in [0.05, 0.1) is 5.56 Å². The Hall–Kier alpha value is -3.05. The van der Waals surface area contributed by atoms with Gasteiger partial charge in [0, 0.05) is 28.4 Å². The number of nitrogens with one attached hydrogen (secondary N) is 1. The maximum atomic E-state index is 13.8. The number of carbonyl (C=O) groups is 1. The third kappa shape index (κ3) is 4.81. The summed E-state index contributed by atoms with van der Waals surface area (Å²) in [5, 5.41) is 12.9. The zero-order valence-electron chi connectivity index (χ0n) is 15.2. The predicted octanol–water partition coefficient (Wildman–Crippen LogP) is 5.68. The fourth-order valence-electron chi connectivity index (χ4n) is 2.78. The van der Waals surface area contributed by atoms with Gasteiger partial charge in [-0.3, -0.25) is 0 Å². The molecule has 144 valence electrons. The molecule has 6 heteroatoms.